The molecule has 1 heterocycles. The van der Waals surface area contributed by atoms with Crippen molar-refractivity contribution in [2.45, 2.75) is 45.1 Å². The Kier molecular flexibility index (Phi) is 5.13. The number of carbonyl (C=O) groups is 2. The van der Waals surface area contributed by atoms with Gasteiger partial charge in [-0.3, -0.25) is 4.79 Å². The molecule has 6 nitrogen and oxygen atoms in total. The summed E-state index contributed by atoms with van der Waals surface area (Å²) in [6.45, 7) is 6.97. The first-order chi connectivity index (χ1) is 10.8. The smallest absolute Gasteiger partial charge is 0.319 e. The van der Waals surface area contributed by atoms with Crippen molar-refractivity contribution in [2.24, 2.45) is 0 Å². The summed E-state index contributed by atoms with van der Waals surface area (Å²) in [6.07, 6.45) is 1.51. The van der Waals surface area contributed by atoms with Gasteiger partial charge in [-0.2, -0.15) is 0 Å². The Morgan fingerprint density at radius 3 is 2.70 bits per heavy atom. The predicted octanol–water partition coefficient (Wildman–Crippen LogP) is 2.39. The third-order valence-electron chi connectivity index (χ3n) is 3.90. The van der Waals surface area contributed by atoms with Crippen LogP contribution in [0.25, 0.3) is 0 Å². The molecule has 23 heavy (non-hydrogen) atoms. The van der Waals surface area contributed by atoms with Gasteiger partial charge in [-0.1, -0.05) is 26.8 Å². The number of anilines is 1. The first kappa shape index (κ1) is 17.1. The predicted molar refractivity (Wildman–Crippen MR) is 89.9 cm³/mol. The maximum absolute atomic E-state index is 12.2. The highest BCUT2D eigenvalue weighted by molar-refractivity contribution is 5.95. The van der Waals surface area contributed by atoms with E-state index in [2.05, 4.69) is 36.7 Å². The molecule has 1 aliphatic heterocycles. The molecule has 0 aliphatic carbocycles. The molecule has 3 amide bonds. The Labute approximate surface area is 137 Å². The zero-order chi connectivity index (χ0) is 17.0. The van der Waals surface area contributed by atoms with Crippen LogP contribution in [-0.4, -0.2) is 31.6 Å². The second kappa shape index (κ2) is 6.89. The summed E-state index contributed by atoms with van der Waals surface area (Å²) in [7, 11) is 1.56. The van der Waals surface area contributed by atoms with E-state index in [4.69, 9.17) is 4.74 Å². The van der Waals surface area contributed by atoms with Crippen LogP contribution in [0, 0.1) is 0 Å². The summed E-state index contributed by atoms with van der Waals surface area (Å²) in [5.41, 5.74) is 1.64. The highest BCUT2D eigenvalue weighted by atomic mass is 16.5. The summed E-state index contributed by atoms with van der Waals surface area (Å²) in [5, 5.41) is 8.24. The van der Waals surface area contributed by atoms with Crippen LogP contribution in [0.1, 0.15) is 39.2 Å². The summed E-state index contributed by atoms with van der Waals surface area (Å²) in [5.74, 6) is 0.447. The van der Waals surface area contributed by atoms with Crippen molar-refractivity contribution in [1.29, 1.82) is 0 Å². The van der Waals surface area contributed by atoms with Crippen molar-refractivity contribution in [3.05, 3.63) is 23.8 Å². The fourth-order valence-electron chi connectivity index (χ4n) is 2.50. The van der Waals surface area contributed by atoms with Crippen LogP contribution in [0.3, 0.4) is 0 Å². The number of rotatable bonds is 3. The molecule has 0 saturated carbocycles. The van der Waals surface area contributed by atoms with Gasteiger partial charge in [0.25, 0.3) is 0 Å². The molecule has 126 valence electrons. The standard InChI is InChI=1S/C17H25N3O3/c1-17(2,3)11-7-8-14(23-4)13(10-11)20-16(22)19-12-6-5-9-18-15(12)21/h7-8,10,12H,5-6,9H2,1-4H3,(H,18,21)(H2,19,20,22)/t12-/m1/s1. The first-order valence-corrected chi connectivity index (χ1v) is 7.85. The highest BCUT2D eigenvalue weighted by Crippen LogP contribution is 2.31. The minimum atomic E-state index is -0.486. The van der Waals surface area contributed by atoms with E-state index in [1.807, 2.05) is 18.2 Å². The monoisotopic (exact) mass is 319 g/mol. The largest absolute Gasteiger partial charge is 0.495 e. The molecule has 1 aromatic rings. The van der Waals surface area contributed by atoms with Gasteiger partial charge in [0.1, 0.15) is 11.8 Å². The number of benzene rings is 1. The van der Waals surface area contributed by atoms with Crippen molar-refractivity contribution >= 4 is 17.6 Å². The fourth-order valence-corrected chi connectivity index (χ4v) is 2.50. The average Bonchev–Trinajstić information content (AvgIpc) is 2.48. The van der Waals surface area contributed by atoms with E-state index in [9.17, 15) is 9.59 Å². The molecule has 3 N–H and O–H groups in total. The van der Waals surface area contributed by atoms with E-state index in [-0.39, 0.29) is 11.3 Å². The van der Waals surface area contributed by atoms with Crippen LogP contribution in [-0.2, 0) is 10.2 Å². The molecule has 0 aromatic heterocycles. The van der Waals surface area contributed by atoms with E-state index in [1.54, 1.807) is 7.11 Å². The van der Waals surface area contributed by atoms with Gasteiger partial charge >= 0.3 is 6.03 Å². The summed E-state index contributed by atoms with van der Waals surface area (Å²) < 4.78 is 5.30. The zero-order valence-corrected chi connectivity index (χ0v) is 14.2. The molecule has 1 atom stereocenters. The lowest BCUT2D eigenvalue weighted by atomic mass is 9.87. The van der Waals surface area contributed by atoms with Crippen molar-refractivity contribution in [3.8, 4) is 5.75 Å². The molecule has 0 spiro atoms. The minimum Gasteiger partial charge on any atom is -0.495 e. The number of nitrogens with one attached hydrogen (secondary N) is 3. The Morgan fingerprint density at radius 2 is 2.09 bits per heavy atom. The summed E-state index contributed by atoms with van der Waals surface area (Å²) in [6, 6.07) is 4.83. The van der Waals surface area contributed by atoms with Crippen LogP contribution in [0.2, 0.25) is 0 Å². The summed E-state index contributed by atoms with van der Waals surface area (Å²) in [4.78, 5) is 23.9. The average molecular weight is 319 g/mol. The quantitative estimate of drug-likeness (QED) is 0.800. The third kappa shape index (κ3) is 4.37. The molecule has 0 bridgehead atoms. The van der Waals surface area contributed by atoms with Crippen LogP contribution in [0.4, 0.5) is 10.5 Å². The number of piperidine rings is 1. The highest BCUT2D eigenvalue weighted by Gasteiger charge is 2.24. The minimum absolute atomic E-state index is 0.0393. The van der Waals surface area contributed by atoms with Crippen molar-refractivity contribution < 1.29 is 14.3 Å². The van der Waals surface area contributed by atoms with Gasteiger partial charge in [-0.15, -0.1) is 0 Å². The number of hydrogen-bond donors (Lipinski definition) is 3. The normalized spacial score (nSPS) is 18.1. The molecule has 1 aliphatic rings. The molecule has 1 saturated heterocycles. The molecule has 0 unspecified atom stereocenters. The molecule has 1 aromatic carbocycles. The second-order valence-corrected chi connectivity index (χ2v) is 6.75. The van der Waals surface area contributed by atoms with Gasteiger partial charge in [0, 0.05) is 6.54 Å². The van der Waals surface area contributed by atoms with Crippen LogP contribution >= 0.6 is 0 Å². The Bertz CT molecular complexity index is 593. The number of carbonyl (C=O) groups excluding carboxylic acids is 2. The lowest BCUT2D eigenvalue weighted by Gasteiger charge is -2.24. The van der Waals surface area contributed by atoms with Gasteiger partial charge in [-0.25, -0.2) is 4.79 Å². The van der Waals surface area contributed by atoms with E-state index >= 15 is 0 Å². The number of amides is 3. The van der Waals surface area contributed by atoms with Crippen LogP contribution in [0.15, 0.2) is 18.2 Å². The lowest BCUT2D eigenvalue weighted by molar-refractivity contribution is -0.124. The maximum Gasteiger partial charge on any atom is 0.319 e. The van der Waals surface area contributed by atoms with Crippen LogP contribution < -0.4 is 20.7 Å². The Balaban J connectivity index is 2.11. The van der Waals surface area contributed by atoms with Crippen molar-refractivity contribution in [2.75, 3.05) is 19.0 Å². The number of urea groups is 1. The molecule has 2 rings (SSSR count). The van der Waals surface area contributed by atoms with E-state index in [0.29, 0.717) is 24.4 Å². The fraction of sp³-hybridized carbons (Fsp3) is 0.529. The molecule has 0 radical (unpaired) electrons. The zero-order valence-electron chi connectivity index (χ0n) is 14.2. The van der Waals surface area contributed by atoms with Gasteiger partial charge in [0.05, 0.1) is 12.8 Å². The lowest BCUT2D eigenvalue weighted by Crippen LogP contribution is -2.51. The van der Waals surface area contributed by atoms with Crippen molar-refractivity contribution in [3.63, 3.8) is 0 Å². The number of ether oxygens (including phenoxy) is 1. The maximum atomic E-state index is 12.2. The number of methoxy groups -OCH3 is 1. The molecular formula is C17H25N3O3. The number of hydrogen-bond acceptors (Lipinski definition) is 3. The Morgan fingerprint density at radius 1 is 1.35 bits per heavy atom. The molecular weight excluding hydrogens is 294 g/mol. The van der Waals surface area contributed by atoms with Gasteiger partial charge in [0.2, 0.25) is 5.91 Å². The summed E-state index contributed by atoms with van der Waals surface area (Å²) >= 11 is 0. The van der Waals surface area contributed by atoms with E-state index in [1.165, 1.54) is 0 Å². The van der Waals surface area contributed by atoms with Crippen molar-refractivity contribution in [1.82, 2.24) is 10.6 Å². The van der Waals surface area contributed by atoms with Gasteiger partial charge in [0.15, 0.2) is 0 Å². The SMILES string of the molecule is COc1ccc(C(C)(C)C)cc1NC(=O)N[C@@H]1CCCNC1=O. The topological polar surface area (TPSA) is 79.5 Å². The third-order valence-corrected chi connectivity index (χ3v) is 3.90. The van der Waals surface area contributed by atoms with E-state index in [0.717, 1.165) is 12.0 Å². The van der Waals surface area contributed by atoms with Gasteiger partial charge < -0.3 is 20.7 Å². The molecule has 1 fully saturated rings. The molecule has 6 heteroatoms. The van der Waals surface area contributed by atoms with E-state index < -0.39 is 12.1 Å². The van der Waals surface area contributed by atoms with Gasteiger partial charge in [-0.05, 0) is 36.0 Å². The first-order valence-electron chi connectivity index (χ1n) is 7.85. The second-order valence-electron chi connectivity index (χ2n) is 6.75. The Hall–Kier alpha value is -2.24. The van der Waals surface area contributed by atoms with Crippen LogP contribution in [0.5, 0.6) is 5.75 Å².